The number of fused-ring (bicyclic) bond motifs is 1. The number of hydrogen-bond donors (Lipinski definition) is 1. The Labute approximate surface area is 81.5 Å². The second kappa shape index (κ2) is 3.25. The summed E-state index contributed by atoms with van der Waals surface area (Å²) in [4.78, 5) is 2.61. The Morgan fingerprint density at radius 3 is 2.85 bits per heavy atom. The molecule has 0 bridgehead atoms. The van der Waals surface area contributed by atoms with E-state index < -0.39 is 0 Å². The molecule has 0 aromatic rings. The predicted molar refractivity (Wildman–Crippen MR) is 55.5 cm³/mol. The largest absolute Gasteiger partial charge is 0.330 e. The molecule has 1 aliphatic heterocycles. The van der Waals surface area contributed by atoms with Gasteiger partial charge in [0.05, 0.1) is 0 Å². The van der Waals surface area contributed by atoms with Crippen LogP contribution < -0.4 is 5.73 Å². The van der Waals surface area contributed by atoms with E-state index in [-0.39, 0.29) is 0 Å². The van der Waals surface area contributed by atoms with E-state index in [2.05, 4.69) is 18.7 Å². The van der Waals surface area contributed by atoms with E-state index in [0.29, 0.717) is 11.5 Å². The molecule has 0 radical (unpaired) electrons. The Morgan fingerprint density at radius 1 is 1.54 bits per heavy atom. The monoisotopic (exact) mass is 182 g/mol. The summed E-state index contributed by atoms with van der Waals surface area (Å²) in [6, 6.07) is 0.703. The Hall–Kier alpha value is -0.0800. The highest BCUT2D eigenvalue weighted by Crippen LogP contribution is 2.48. The fraction of sp³-hybridized carbons (Fsp3) is 1.00. The molecule has 0 spiro atoms. The molecule has 2 unspecified atom stereocenters. The summed E-state index contributed by atoms with van der Waals surface area (Å²) in [6.45, 7) is 8.05. The Kier molecular flexibility index (Phi) is 2.37. The SMILES string of the molecule is CC(C)N1CC2CCCC2(CN)C1. The van der Waals surface area contributed by atoms with Gasteiger partial charge in [-0.3, -0.25) is 0 Å². The van der Waals surface area contributed by atoms with Gasteiger partial charge in [0.2, 0.25) is 0 Å². The third-order valence-corrected chi connectivity index (χ3v) is 4.20. The fourth-order valence-corrected chi connectivity index (χ4v) is 3.18. The van der Waals surface area contributed by atoms with Gasteiger partial charge in [-0.1, -0.05) is 6.42 Å². The van der Waals surface area contributed by atoms with Gasteiger partial charge >= 0.3 is 0 Å². The van der Waals surface area contributed by atoms with E-state index in [1.807, 2.05) is 0 Å². The van der Waals surface area contributed by atoms with Crippen molar-refractivity contribution in [3.05, 3.63) is 0 Å². The molecule has 1 heterocycles. The first-order valence-corrected chi connectivity index (χ1v) is 5.62. The zero-order valence-corrected chi connectivity index (χ0v) is 8.92. The van der Waals surface area contributed by atoms with Gasteiger partial charge in [-0.05, 0) is 44.6 Å². The molecule has 1 saturated carbocycles. The van der Waals surface area contributed by atoms with Crippen LogP contribution >= 0.6 is 0 Å². The summed E-state index contributed by atoms with van der Waals surface area (Å²) >= 11 is 0. The average molecular weight is 182 g/mol. The highest BCUT2D eigenvalue weighted by atomic mass is 15.2. The van der Waals surface area contributed by atoms with E-state index in [1.165, 1.54) is 32.4 Å². The second-order valence-corrected chi connectivity index (χ2v) is 5.18. The summed E-state index contributed by atoms with van der Waals surface area (Å²) in [6.07, 6.45) is 4.20. The van der Waals surface area contributed by atoms with Crippen LogP contribution in [-0.4, -0.2) is 30.6 Å². The molecule has 2 heteroatoms. The van der Waals surface area contributed by atoms with E-state index in [0.717, 1.165) is 12.5 Å². The molecule has 13 heavy (non-hydrogen) atoms. The molecule has 1 saturated heterocycles. The maximum Gasteiger partial charge on any atom is 0.00560 e. The van der Waals surface area contributed by atoms with Gasteiger partial charge in [-0.15, -0.1) is 0 Å². The predicted octanol–water partition coefficient (Wildman–Crippen LogP) is 1.46. The van der Waals surface area contributed by atoms with Gasteiger partial charge in [0.25, 0.3) is 0 Å². The number of nitrogens with zero attached hydrogens (tertiary/aromatic N) is 1. The number of hydrogen-bond acceptors (Lipinski definition) is 2. The average Bonchev–Trinajstić information content (AvgIpc) is 2.58. The Bertz CT molecular complexity index is 191. The molecule has 2 aliphatic rings. The van der Waals surface area contributed by atoms with E-state index in [9.17, 15) is 0 Å². The van der Waals surface area contributed by atoms with Crippen LogP contribution in [0.5, 0.6) is 0 Å². The van der Waals surface area contributed by atoms with Crippen molar-refractivity contribution in [1.29, 1.82) is 0 Å². The molecule has 2 rings (SSSR count). The molecule has 2 atom stereocenters. The minimum atomic E-state index is 0.504. The lowest BCUT2D eigenvalue weighted by Crippen LogP contribution is -2.36. The molecule has 1 aliphatic carbocycles. The smallest absolute Gasteiger partial charge is 0.00560 e. The van der Waals surface area contributed by atoms with Gasteiger partial charge in [0.15, 0.2) is 0 Å². The number of rotatable bonds is 2. The Balaban J connectivity index is 2.09. The summed E-state index contributed by atoms with van der Waals surface area (Å²) < 4.78 is 0. The minimum absolute atomic E-state index is 0.504. The molecule has 0 aromatic carbocycles. The van der Waals surface area contributed by atoms with Crippen molar-refractivity contribution in [3.8, 4) is 0 Å². The fourth-order valence-electron chi connectivity index (χ4n) is 3.18. The van der Waals surface area contributed by atoms with Crippen molar-refractivity contribution in [1.82, 2.24) is 4.90 Å². The molecular formula is C11H22N2. The third-order valence-electron chi connectivity index (χ3n) is 4.20. The van der Waals surface area contributed by atoms with Crippen LogP contribution in [0, 0.1) is 11.3 Å². The zero-order valence-electron chi connectivity index (χ0n) is 8.92. The van der Waals surface area contributed by atoms with Crippen molar-refractivity contribution >= 4 is 0 Å². The molecule has 76 valence electrons. The van der Waals surface area contributed by atoms with Crippen molar-refractivity contribution in [2.75, 3.05) is 19.6 Å². The van der Waals surface area contributed by atoms with Crippen LogP contribution in [0.4, 0.5) is 0 Å². The summed E-state index contributed by atoms with van der Waals surface area (Å²) in [5, 5.41) is 0. The summed E-state index contributed by atoms with van der Waals surface area (Å²) in [7, 11) is 0. The van der Waals surface area contributed by atoms with Crippen molar-refractivity contribution in [2.24, 2.45) is 17.1 Å². The highest BCUT2D eigenvalue weighted by Gasteiger charge is 2.48. The van der Waals surface area contributed by atoms with Gasteiger partial charge < -0.3 is 10.6 Å². The van der Waals surface area contributed by atoms with Crippen LogP contribution in [0.25, 0.3) is 0 Å². The number of nitrogens with two attached hydrogens (primary N) is 1. The lowest BCUT2D eigenvalue weighted by Gasteiger charge is -2.28. The quantitative estimate of drug-likeness (QED) is 0.700. The summed E-state index contributed by atoms with van der Waals surface area (Å²) in [5.74, 6) is 0.903. The van der Waals surface area contributed by atoms with Crippen LogP contribution in [0.15, 0.2) is 0 Å². The van der Waals surface area contributed by atoms with Crippen molar-refractivity contribution in [2.45, 2.75) is 39.2 Å². The molecule has 0 amide bonds. The van der Waals surface area contributed by atoms with Gasteiger partial charge in [0.1, 0.15) is 0 Å². The van der Waals surface area contributed by atoms with Crippen LogP contribution in [0.2, 0.25) is 0 Å². The first-order valence-electron chi connectivity index (χ1n) is 5.62. The lowest BCUT2D eigenvalue weighted by atomic mass is 9.81. The van der Waals surface area contributed by atoms with Crippen LogP contribution in [0.1, 0.15) is 33.1 Å². The Morgan fingerprint density at radius 2 is 2.31 bits per heavy atom. The van der Waals surface area contributed by atoms with E-state index in [4.69, 9.17) is 5.73 Å². The van der Waals surface area contributed by atoms with Crippen LogP contribution in [-0.2, 0) is 0 Å². The van der Waals surface area contributed by atoms with Gasteiger partial charge in [-0.25, -0.2) is 0 Å². The van der Waals surface area contributed by atoms with Gasteiger partial charge in [-0.2, -0.15) is 0 Å². The summed E-state index contributed by atoms with van der Waals surface area (Å²) in [5.41, 5.74) is 6.45. The standard InChI is InChI=1S/C11H22N2/c1-9(2)13-6-10-4-3-5-11(10,7-12)8-13/h9-10H,3-8,12H2,1-2H3. The normalized spacial score (nSPS) is 40.2. The molecular weight excluding hydrogens is 160 g/mol. The minimum Gasteiger partial charge on any atom is -0.330 e. The lowest BCUT2D eigenvalue weighted by molar-refractivity contribution is 0.221. The zero-order chi connectivity index (χ0) is 9.47. The van der Waals surface area contributed by atoms with E-state index >= 15 is 0 Å². The maximum absolute atomic E-state index is 5.95. The molecule has 2 N–H and O–H groups in total. The van der Waals surface area contributed by atoms with Crippen molar-refractivity contribution in [3.63, 3.8) is 0 Å². The first-order chi connectivity index (χ1) is 6.18. The molecule has 2 nitrogen and oxygen atoms in total. The molecule has 2 fully saturated rings. The molecule has 0 aromatic heterocycles. The van der Waals surface area contributed by atoms with Gasteiger partial charge in [0, 0.05) is 19.1 Å². The second-order valence-electron chi connectivity index (χ2n) is 5.18. The first kappa shape index (κ1) is 9.47. The highest BCUT2D eigenvalue weighted by molar-refractivity contribution is 5.01. The van der Waals surface area contributed by atoms with E-state index in [1.54, 1.807) is 0 Å². The number of likely N-dealkylation sites (tertiary alicyclic amines) is 1. The van der Waals surface area contributed by atoms with Crippen LogP contribution in [0.3, 0.4) is 0 Å². The third kappa shape index (κ3) is 1.40. The van der Waals surface area contributed by atoms with Crippen molar-refractivity contribution < 1.29 is 0 Å². The topological polar surface area (TPSA) is 29.3 Å². The maximum atomic E-state index is 5.95.